The summed E-state index contributed by atoms with van der Waals surface area (Å²) < 4.78 is 10.6. The van der Waals surface area contributed by atoms with Crippen molar-refractivity contribution in [2.24, 2.45) is 0 Å². The molecule has 33 heavy (non-hydrogen) atoms. The summed E-state index contributed by atoms with van der Waals surface area (Å²) in [7, 11) is 3.17. The minimum atomic E-state index is -1.35. The van der Waals surface area contributed by atoms with E-state index in [4.69, 9.17) is 14.3 Å². The van der Waals surface area contributed by atoms with Gasteiger partial charge in [0, 0.05) is 18.7 Å². The number of hydroxylamine groups is 2. The van der Waals surface area contributed by atoms with E-state index in [2.05, 4.69) is 10.6 Å². The van der Waals surface area contributed by atoms with Crippen LogP contribution in [0.5, 0.6) is 11.5 Å². The quantitative estimate of drug-likeness (QED) is 0.634. The number of carbonyl (C=O) groups excluding carboxylic acids is 3. The summed E-state index contributed by atoms with van der Waals surface area (Å²) >= 11 is 0. The molecule has 3 aliphatic heterocycles. The summed E-state index contributed by atoms with van der Waals surface area (Å²) in [5, 5.41) is 6.70. The van der Waals surface area contributed by atoms with Crippen LogP contribution < -0.4 is 20.1 Å². The number of rotatable bonds is 6. The van der Waals surface area contributed by atoms with E-state index in [1.165, 1.54) is 0 Å². The molecule has 4 amide bonds. The van der Waals surface area contributed by atoms with Gasteiger partial charge in [0.25, 0.3) is 11.8 Å². The maximum absolute atomic E-state index is 13.0. The number of amides is 4. The van der Waals surface area contributed by atoms with Gasteiger partial charge in [-0.1, -0.05) is 6.07 Å². The standard InChI is InChI=1S/C23H24N4O6/c1-31-17-4-3-14-11-33-27(10-15(14)7-17)13-23(21(29)24-22(30)25-23)12-26-9-16-8-18(32-2)5-6-19(16)20(26)28/h3-8H,9-13H2,1-2H3,(H2,24,25,29,30). The number of nitrogens with one attached hydrogen (secondary N) is 2. The van der Waals surface area contributed by atoms with E-state index in [-0.39, 0.29) is 19.0 Å². The van der Waals surface area contributed by atoms with Crippen molar-refractivity contribution in [3.05, 3.63) is 58.7 Å². The maximum Gasteiger partial charge on any atom is 0.322 e. The van der Waals surface area contributed by atoms with Crippen LogP contribution in [0.25, 0.3) is 0 Å². The molecular formula is C23H24N4O6. The molecule has 172 valence electrons. The topological polar surface area (TPSA) is 109 Å². The fourth-order valence-electron chi connectivity index (χ4n) is 4.55. The fraction of sp³-hybridized carbons (Fsp3) is 0.348. The Labute approximate surface area is 190 Å². The number of fused-ring (bicyclic) bond motifs is 2. The summed E-state index contributed by atoms with van der Waals surface area (Å²) in [6, 6.07) is 10.4. The van der Waals surface area contributed by atoms with Gasteiger partial charge in [0.15, 0.2) is 5.54 Å². The molecule has 0 saturated carbocycles. The number of carbonyl (C=O) groups is 3. The van der Waals surface area contributed by atoms with Crippen LogP contribution >= 0.6 is 0 Å². The van der Waals surface area contributed by atoms with Crippen LogP contribution in [0.3, 0.4) is 0 Å². The SMILES string of the molecule is COc1ccc2c(c1)CN(CC1(CN3Cc4cc(OC)ccc4C3=O)NC(=O)NC1=O)OC2. The maximum atomic E-state index is 13.0. The Balaban J connectivity index is 1.38. The predicted molar refractivity (Wildman–Crippen MR) is 115 cm³/mol. The second-order valence-corrected chi connectivity index (χ2v) is 8.38. The van der Waals surface area contributed by atoms with Crippen LogP contribution in [0.15, 0.2) is 36.4 Å². The molecule has 1 fully saturated rings. The van der Waals surface area contributed by atoms with Crippen molar-refractivity contribution in [2.45, 2.75) is 25.2 Å². The van der Waals surface area contributed by atoms with Gasteiger partial charge in [0.1, 0.15) is 11.5 Å². The van der Waals surface area contributed by atoms with Gasteiger partial charge in [-0.3, -0.25) is 19.7 Å². The smallest absolute Gasteiger partial charge is 0.322 e. The molecule has 0 bridgehead atoms. The molecular weight excluding hydrogens is 428 g/mol. The lowest BCUT2D eigenvalue weighted by Gasteiger charge is -2.37. The lowest BCUT2D eigenvalue weighted by atomic mass is 9.97. The molecule has 10 heteroatoms. The Morgan fingerprint density at radius 3 is 2.36 bits per heavy atom. The molecule has 1 atom stereocenters. The number of nitrogens with zero attached hydrogens (tertiary/aromatic N) is 2. The molecule has 2 aromatic carbocycles. The molecule has 0 spiro atoms. The lowest BCUT2D eigenvalue weighted by Crippen LogP contribution is -2.61. The van der Waals surface area contributed by atoms with Crippen molar-refractivity contribution in [1.82, 2.24) is 20.6 Å². The van der Waals surface area contributed by atoms with Gasteiger partial charge >= 0.3 is 6.03 Å². The molecule has 0 aliphatic carbocycles. The summed E-state index contributed by atoms with van der Waals surface area (Å²) in [6.45, 7) is 1.13. The zero-order valence-corrected chi connectivity index (χ0v) is 18.3. The van der Waals surface area contributed by atoms with E-state index in [0.29, 0.717) is 31.0 Å². The molecule has 3 aliphatic rings. The van der Waals surface area contributed by atoms with Crippen molar-refractivity contribution >= 4 is 17.8 Å². The van der Waals surface area contributed by atoms with E-state index in [1.807, 2.05) is 24.3 Å². The van der Waals surface area contributed by atoms with Crippen LogP contribution in [-0.2, 0) is 29.3 Å². The molecule has 5 rings (SSSR count). The Hall–Kier alpha value is -3.63. The van der Waals surface area contributed by atoms with Gasteiger partial charge < -0.3 is 19.7 Å². The third kappa shape index (κ3) is 3.77. The van der Waals surface area contributed by atoms with Gasteiger partial charge in [0.2, 0.25) is 0 Å². The van der Waals surface area contributed by atoms with Crippen molar-refractivity contribution in [3.8, 4) is 11.5 Å². The van der Waals surface area contributed by atoms with Crippen LogP contribution in [-0.4, -0.2) is 60.7 Å². The Morgan fingerprint density at radius 1 is 0.939 bits per heavy atom. The number of hydrogen-bond acceptors (Lipinski definition) is 7. The van der Waals surface area contributed by atoms with Gasteiger partial charge in [-0.25, -0.2) is 4.79 Å². The minimum Gasteiger partial charge on any atom is -0.497 e. The molecule has 10 nitrogen and oxygen atoms in total. The van der Waals surface area contributed by atoms with Crippen LogP contribution in [0, 0.1) is 0 Å². The third-order valence-corrected chi connectivity index (χ3v) is 6.28. The third-order valence-electron chi connectivity index (χ3n) is 6.28. The molecule has 0 aromatic heterocycles. The van der Waals surface area contributed by atoms with Crippen molar-refractivity contribution < 1.29 is 28.7 Å². The van der Waals surface area contributed by atoms with Crippen molar-refractivity contribution in [1.29, 1.82) is 0 Å². The van der Waals surface area contributed by atoms with Gasteiger partial charge in [0.05, 0.1) is 33.9 Å². The molecule has 2 N–H and O–H groups in total. The minimum absolute atomic E-state index is 0.00519. The van der Waals surface area contributed by atoms with E-state index < -0.39 is 17.5 Å². The molecule has 2 aromatic rings. The summed E-state index contributed by atoms with van der Waals surface area (Å²) in [5.41, 5.74) is 2.06. The van der Waals surface area contributed by atoms with Crippen LogP contribution in [0.4, 0.5) is 4.79 Å². The Morgan fingerprint density at radius 2 is 1.67 bits per heavy atom. The zero-order chi connectivity index (χ0) is 23.2. The van der Waals surface area contributed by atoms with E-state index in [1.54, 1.807) is 36.3 Å². The molecule has 1 unspecified atom stereocenters. The van der Waals surface area contributed by atoms with Crippen molar-refractivity contribution in [3.63, 3.8) is 0 Å². The van der Waals surface area contributed by atoms with E-state index in [0.717, 1.165) is 22.4 Å². The normalized spacial score (nSPS) is 22.0. The highest BCUT2D eigenvalue weighted by atomic mass is 16.7. The number of hydrogen-bond donors (Lipinski definition) is 2. The number of imide groups is 1. The zero-order valence-electron chi connectivity index (χ0n) is 18.3. The number of methoxy groups -OCH3 is 2. The van der Waals surface area contributed by atoms with Gasteiger partial charge in [-0.15, -0.1) is 0 Å². The monoisotopic (exact) mass is 452 g/mol. The summed E-state index contributed by atoms with van der Waals surface area (Å²) in [5.74, 6) is 0.693. The number of urea groups is 1. The average Bonchev–Trinajstić information content (AvgIpc) is 3.27. The largest absolute Gasteiger partial charge is 0.497 e. The lowest BCUT2D eigenvalue weighted by molar-refractivity contribution is -0.197. The second-order valence-electron chi connectivity index (χ2n) is 8.38. The Bertz CT molecular complexity index is 1150. The average molecular weight is 452 g/mol. The highest BCUT2D eigenvalue weighted by Gasteiger charge is 2.50. The first-order valence-corrected chi connectivity index (χ1v) is 10.5. The number of ether oxygens (including phenoxy) is 2. The highest BCUT2D eigenvalue weighted by molar-refractivity contribution is 6.08. The first-order chi connectivity index (χ1) is 15.9. The molecule has 3 heterocycles. The summed E-state index contributed by atoms with van der Waals surface area (Å²) in [4.78, 5) is 45.5. The first-order valence-electron chi connectivity index (χ1n) is 10.5. The van der Waals surface area contributed by atoms with Gasteiger partial charge in [-0.05, 0) is 47.0 Å². The first kappa shape index (κ1) is 21.2. The van der Waals surface area contributed by atoms with E-state index in [9.17, 15) is 14.4 Å². The Kier molecular flexibility index (Phi) is 5.18. The van der Waals surface area contributed by atoms with Crippen LogP contribution in [0.2, 0.25) is 0 Å². The van der Waals surface area contributed by atoms with Crippen LogP contribution in [0.1, 0.15) is 27.0 Å². The van der Waals surface area contributed by atoms with Crippen molar-refractivity contribution in [2.75, 3.05) is 27.3 Å². The predicted octanol–water partition coefficient (Wildman–Crippen LogP) is 1.19. The number of benzene rings is 2. The summed E-state index contributed by atoms with van der Waals surface area (Å²) in [6.07, 6.45) is 0. The fourth-order valence-corrected chi connectivity index (χ4v) is 4.55. The molecule has 0 radical (unpaired) electrons. The second kappa shape index (κ2) is 8.05. The van der Waals surface area contributed by atoms with Gasteiger partial charge in [-0.2, -0.15) is 5.06 Å². The van der Waals surface area contributed by atoms with E-state index >= 15 is 0 Å². The highest BCUT2D eigenvalue weighted by Crippen LogP contribution is 2.30. The molecule has 1 saturated heterocycles.